The molecule has 5 heteroatoms. The molecule has 0 saturated heterocycles. The molecule has 3 aromatic carbocycles. The molecule has 1 aliphatic heterocycles. The van der Waals surface area contributed by atoms with Crippen molar-refractivity contribution in [1.82, 2.24) is 0 Å². The number of aryl methyl sites for hydroxylation is 1. The summed E-state index contributed by atoms with van der Waals surface area (Å²) in [5.41, 5.74) is 3.90. The molecule has 0 aliphatic carbocycles. The molecular weight excluding hydrogens is 372 g/mol. The Morgan fingerprint density at radius 2 is 1.54 bits per heavy atom. The molecule has 0 spiro atoms. The number of halogens is 1. The largest absolute Gasteiger partial charge is 0.322 e. The molecule has 0 saturated carbocycles. The quantitative estimate of drug-likeness (QED) is 0.669. The zero-order chi connectivity index (χ0) is 19.5. The molecule has 4 rings (SSSR count). The van der Waals surface area contributed by atoms with E-state index in [4.69, 9.17) is 11.6 Å². The monoisotopic (exact) mass is 390 g/mol. The SMILES string of the molecule is O=C(Nc1ccc(Cl)cc1)c1ccc(C(=O)N2CCCc3ccccc32)cc1. The van der Waals surface area contributed by atoms with Crippen molar-refractivity contribution in [1.29, 1.82) is 0 Å². The van der Waals surface area contributed by atoms with Crippen LogP contribution in [0.15, 0.2) is 72.8 Å². The van der Waals surface area contributed by atoms with Crippen LogP contribution in [-0.2, 0) is 6.42 Å². The summed E-state index contributed by atoms with van der Waals surface area (Å²) in [6.45, 7) is 0.703. The van der Waals surface area contributed by atoms with Gasteiger partial charge in [0.25, 0.3) is 11.8 Å². The van der Waals surface area contributed by atoms with Crippen LogP contribution < -0.4 is 10.2 Å². The van der Waals surface area contributed by atoms with Crippen molar-refractivity contribution in [3.05, 3.63) is 94.5 Å². The van der Waals surface area contributed by atoms with Crippen molar-refractivity contribution in [2.75, 3.05) is 16.8 Å². The van der Waals surface area contributed by atoms with Crippen LogP contribution in [0.3, 0.4) is 0 Å². The lowest BCUT2D eigenvalue weighted by atomic mass is 10.0. The van der Waals surface area contributed by atoms with E-state index in [2.05, 4.69) is 11.4 Å². The Morgan fingerprint density at radius 3 is 2.29 bits per heavy atom. The Labute approximate surface area is 168 Å². The topological polar surface area (TPSA) is 49.4 Å². The van der Waals surface area contributed by atoms with Gasteiger partial charge in [-0.2, -0.15) is 0 Å². The molecule has 28 heavy (non-hydrogen) atoms. The smallest absolute Gasteiger partial charge is 0.258 e. The minimum Gasteiger partial charge on any atom is -0.322 e. The van der Waals surface area contributed by atoms with Gasteiger partial charge in [-0.3, -0.25) is 9.59 Å². The Bertz CT molecular complexity index is 1010. The first-order valence-corrected chi connectivity index (χ1v) is 9.56. The van der Waals surface area contributed by atoms with Gasteiger partial charge in [0.05, 0.1) is 0 Å². The van der Waals surface area contributed by atoms with Crippen molar-refractivity contribution in [3.63, 3.8) is 0 Å². The second kappa shape index (κ2) is 7.87. The van der Waals surface area contributed by atoms with Crippen LogP contribution in [0.1, 0.15) is 32.7 Å². The number of hydrogen-bond acceptors (Lipinski definition) is 2. The summed E-state index contributed by atoms with van der Waals surface area (Å²) in [7, 11) is 0. The summed E-state index contributed by atoms with van der Waals surface area (Å²) in [6, 6.07) is 21.7. The molecule has 0 atom stereocenters. The first kappa shape index (κ1) is 18.3. The van der Waals surface area contributed by atoms with Gasteiger partial charge >= 0.3 is 0 Å². The number of benzene rings is 3. The highest BCUT2D eigenvalue weighted by atomic mass is 35.5. The summed E-state index contributed by atoms with van der Waals surface area (Å²) < 4.78 is 0. The van der Waals surface area contributed by atoms with Crippen LogP contribution in [0.5, 0.6) is 0 Å². The van der Waals surface area contributed by atoms with Crippen LogP contribution in [0, 0.1) is 0 Å². The molecule has 2 amide bonds. The van der Waals surface area contributed by atoms with Gasteiger partial charge in [-0.25, -0.2) is 0 Å². The molecule has 0 radical (unpaired) electrons. The molecule has 0 bridgehead atoms. The number of anilines is 2. The number of nitrogens with zero attached hydrogens (tertiary/aromatic N) is 1. The van der Waals surface area contributed by atoms with Crippen LogP contribution in [0.2, 0.25) is 5.02 Å². The van der Waals surface area contributed by atoms with E-state index in [1.165, 1.54) is 5.56 Å². The second-order valence-electron chi connectivity index (χ2n) is 6.73. The fourth-order valence-electron chi connectivity index (χ4n) is 3.40. The van der Waals surface area contributed by atoms with Gasteiger partial charge in [0.2, 0.25) is 0 Å². The summed E-state index contributed by atoms with van der Waals surface area (Å²) in [4.78, 5) is 27.2. The van der Waals surface area contributed by atoms with Crippen LogP contribution in [0.4, 0.5) is 11.4 Å². The van der Waals surface area contributed by atoms with E-state index in [1.54, 1.807) is 48.5 Å². The van der Waals surface area contributed by atoms with E-state index in [0.29, 0.717) is 28.4 Å². The summed E-state index contributed by atoms with van der Waals surface area (Å²) in [5, 5.41) is 3.43. The van der Waals surface area contributed by atoms with Gasteiger partial charge in [-0.15, -0.1) is 0 Å². The highest BCUT2D eigenvalue weighted by Gasteiger charge is 2.23. The van der Waals surface area contributed by atoms with Crippen LogP contribution >= 0.6 is 11.6 Å². The molecule has 0 unspecified atom stereocenters. The lowest BCUT2D eigenvalue weighted by Gasteiger charge is -2.29. The number of carbonyl (C=O) groups excluding carboxylic acids is 2. The number of hydrogen-bond donors (Lipinski definition) is 1. The fourth-order valence-corrected chi connectivity index (χ4v) is 3.53. The minimum absolute atomic E-state index is 0.0446. The summed E-state index contributed by atoms with van der Waals surface area (Å²) in [5.74, 6) is -0.276. The summed E-state index contributed by atoms with van der Waals surface area (Å²) in [6.07, 6.45) is 1.94. The maximum Gasteiger partial charge on any atom is 0.258 e. The van der Waals surface area contributed by atoms with Crippen molar-refractivity contribution < 1.29 is 9.59 Å². The van der Waals surface area contributed by atoms with Crippen molar-refractivity contribution in [2.24, 2.45) is 0 Å². The zero-order valence-electron chi connectivity index (χ0n) is 15.2. The van der Waals surface area contributed by atoms with Gasteiger partial charge in [-0.05, 0) is 73.0 Å². The van der Waals surface area contributed by atoms with Crippen molar-refractivity contribution in [3.8, 4) is 0 Å². The van der Waals surface area contributed by atoms with E-state index >= 15 is 0 Å². The number of rotatable bonds is 3. The fraction of sp³-hybridized carbons (Fsp3) is 0.130. The lowest BCUT2D eigenvalue weighted by Crippen LogP contribution is -2.35. The number of nitrogens with one attached hydrogen (secondary N) is 1. The van der Waals surface area contributed by atoms with Crippen LogP contribution in [0.25, 0.3) is 0 Å². The molecule has 0 fully saturated rings. The number of para-hydroxylation sites is 1. The van der Waals surface area contributed by atoms with E-state index in [9.17, 15) is 9.59 Å². The van der Waals surface area contributed by atoms with Crippen LogP contribution in [-0.4, -0.2) is 18.4 Å². The van der Waals surface area contributed by atoms with Gasteiger partial charge in [0.1, 0.15) is 0 Å². The van der Waals surface area contributed by atoms with Gasteiger partial charge in [0.15, 0.2) is 0 Å². The Kier molecular flexibility index (Phi) is 5.13. The van der Waals surface area contributed by atoms with Gasteiger partial charge < -0.3 is 10.2 Å². The highest BCUT2D eigenvalue weighted by molar-refractivity contribution is 6.30. The molecular formula is C23H19ClN2O2. The van der Waals surface area contributed by atoms with Crippen molar-refractivity contribution >= 4 is 34.8 Å². The summed E-state index contributed by atoms with van der Waals surface area (Å²) >= 11 is 5.86. The highest BCUT2D eigenvalue weighted by Crippen LogP contribution is 2.28. The predicted octanol–water partition coefficient (Wildman–Crippen LogP) is 5.19. The average molecular weight is 391 g/mol. The molecule has 3 aromatic rings. The maximum atomic E-state index is 13.0. The van der Waals surface area contributed by atoms with E-state index < -0.39 is 0 Å². The van der Waals surface area contributed by atoms with Gasteiger partial charge in [-0.1, -0.05) is 29.8 Å². The van der Waals surface area contributed by atoms with Crippen molar-refractivity contribution in [2.45, 2.75) is 12.8 Å². The van der Waals surface area contributed by atoms with E-state index in [0.717, 1.165) is 18.5 Å². The van der Waals surface area contributed by atoms with Gasteiger partial charge in [0, 0.05) is 34.1 Å². The third-order valence-corrected chi connectivity index (χ3v) is 5.10. The number of fused-ring (bicyclic) bond motifs is 1. The molecule has 4 nitrogen and oxygen atoms in total. The first-order valence-electron chi connectivity index (χ1n) is 9.18. The number of carbonyl (C=O) groups is 2. The van der Waals surface area contributed by atoms with E-state index in [1.807, 2.05) is 23.1 Å². The molecule has 1 heterocycles. The Hall–Kier alpha value is -3.11. The number of amides is 2. The zero-order valence-corrected chi connectivity index (χ0v) is 15.9. The Morgan fingerprint density at radius 1 is 0.857 bits per heavy atom. The maximum absolute atomic E-state index is 13.0. The lowest BCUT2D eigenvalue weighted by molar-refractivity contribution is 0.0982. The Balaban J connectivity index is 1.49. The first-order chi connectivity index (χ1) is 13.6. The molecule has 1 aliphatic rings. The minimum atomic E-state index is -0.232. The van der Waals surface area contributed by atoms with E-state index in [-0.39, 0.29) is 11.8 Å². The predicted molar refractivity (Wildman–Crippen MR) is 112 cm³/mol. The normalized spacial score (nSPS) is 13.0. The molecule has 1 N–H and O–H groups in total. The third-order valence-electron chi connectivity index (χ3n) is 4.85. The molecule has 140 valence electrons. The average Bonchev–Trinajstić information content (AvgIpc) is 2.74. The third kappa shape index (κ3) is 3.78. The standard InChI is InChI=1S/C23H19ClN2O2/c24-19-11-13-20(14-12-19)25-22(27)17-7-9-18(10-8-17)23(28)26-15-3-5-16-4-1-2-6-21(16)26/h1-2,4,6-14H,3,5,15H2,(H,25,27). The molecule has 0 aromatic heterocycles. The second-order valence-corrected chi connectivity index (χ2v) is 7.16.